The highest BCUT2D eigenvalue weighted by Crippen LogP contribution is 2.26. The van der Waals surface area contributed by atoms with Crippen LogP contribution in [0.5, 0.6) is 0 Å². The monoisotopic (exact) mass is 256 g/mol. The lowest BCUT2D eigenvalue weighted by Gasteiger charge is -2.22. The van der Waals surface area contributed by atoms with Crippen molar-refractivity contribution in [3.05, 3.63) is 35.5 Å². The first kappa shape index (κ1) is 13.5. The summed E-state index contributed by atoms with van der Waals surface area (Å²) in [5.74, 6) is -0.776. The minimum Gasteiger partial charge on any atom is -0.478 e. The van der Waals surface area contributed by atoms with Crippen molar-refractivity contribution in [3.8, 4) is 0 Å². The van der Waals surface area contributed by atoms with E-state index in [2.05, 4.69) is 11.6 Å². The van der Waals surface area contributed by atoms with E-state index in [1.807, 2.05) is 0 Å². The van der Waals surface area contributed by atoms with Crippen LogP contribution in [-0.2, 0) is 0 Å². The summed E-state index contributed by atoms with van der Waals surface area (Å²) in [6.45, 7) is 4.24. The van der Waals surface area contributed by atoms with E-state index < -0.39 is 5.97 Å². The van der Waals surface area contributed by atoms with Gasteiger partial charge < -0.3 is 15.1 Å². The molecule has 17 heavy (non-hydrogen) atoms. The highest BCUT2D eigenvalue weighted by atomic mass is 35.5. The molecule has 0 aliphatic carbocycles. The number of aliphatic hydroxyl groups is 1. The van der Waals surface area contributed by atoms with Crippen molar-refractivity contribution in [2.45, 2.75) is 0 Å². The molecule has 6 heteroatoms. The lowest BCUT2D eigenvalue weighted by atomic mass is 10.2. The van der Waals surface area contributed by atoms with Crippen LogP contribution >= 0.6 is 11.6 Å². The van der Waals surface area contributed by atoms with Gasteiger partial charge in [0.05, 0.1) is 17.2 Å². The maximum atomic E-state index is 10.9. The SMILES string of the molecule is C=CCN(CCO)c1nccc(C(=O)O)c1Cl. The summed E-state index contributed by atoms with van der Waals surface area (Å²) in [7, 11) is 0. The molecule has 1 aromatic rings. The van der Waals surface area contributed by atoms with E-state index in [0.29, 0.717) is 18.9 Å². The normalized spacial score (nSPS) is 10.0. The maximum absolute atomic E-state index is 10.9. The molecule has 0 aliphatic heterocycles. The van der Waals surface area contributed by atoms with Crippen LogP contribution in [0.15, 0.2) is 24.9 Å². The molecule has 0 fully saturated rings. The molecule has 0 bridgehead atoms. The molecule has 0 atom stereocenters. The van der Waals surface area contributed by atoms with Gasteiger partial charge in [0.15, 0.2) is 0 Å². The number of rotatable bonds is 6. The molecule has 0 unspecified atom stereocenters. The van der Waals surface area contributed by atoms with Crippen molar-refractivity contribution in [3.63, 3.8) is 0 Å². The van der Waals surface area contributed by atoms with Gasteiger partial charge in [0.2, 0.25) is 0 Å². The van der Waals surface area contributed by atoms with Crippen LogP contribution in [0.3, 0.4) is 0 Å². The third kappa shape index (κ3) is 3.18. The predicted octanol–water partition coefficient (Wildman–Crippen LogP) is 1.42. The topological polar surface area (TPSA) is 73.7 Å². The summed E-state index contributed by atoms with van der Waals surface area (Å²) in [5, 5.41) is 17.9. The van der Waals surface area contributed by atoms with Crippen molar-refractivity contribution in [2.75, 3.05) is 24.6 Å². The van der Waals surface area contributed by atoms with Gasteiger partial charge in [0, 0.05) is 19.3 Å². The van der Waals surface area contributed by atoms with Crippen LogP contribution in [-0.4, -0.2) is 40.9 Å². The van der Waals surface area contributed by atoms with Crippen LogP contribution in [0.2, 0.25) is 5.02 Å². The number of hydrogen-bond donors (Lipinski definition) is 2. The molecule has 5 nitrogen and oxygen atoms in total. The summed E-state index contributed by atoms with van der Waals surface area (Å²) < 4.78 is 0. The molecular weight excluding hydrogens is 244 g/mol. The van der Waals surface area contributed by atoms with E-state index in [1.54, 1.807) is 11.0 Å². The van der Waals surface area contributed by atoms with Crippen LogP contribution in [0, 0.1) is 0 Å². The Bertz CT molecular complexity index is 423. The molecule has 2 N–H and O–H groups in total. The standard InChI is InChI=1S/C11H13ClN2O3/c1-2-5-14(6-7-15)10-9(12)8(11(16)17)3-4-13-10/h2-4,15H,1,5-7H2,(H,16,17). The first-order valence-electron chi connectivity index (χ1n) is 4.96. The van der Waals surface area contributed by atoms with Crippen molar-refractivity contribution in [1.82, 2.24) is 4.98 Å². The smallest absolute Gasteiger partial charge is 0.337 e. The Morgan fingerprint density at radius 1 is 1.65 bits per heavy atom. The Kier molecular flexibility index (Phi) is 4.93. The molecule has 0 saturated carbocycles. The second-order valence-electron chi connectivity index (χ2n) is 3.26. The van der Waals surface area contributed by atoms with Gasteiger partial charge in [-0.25, -0.2) is 9.78 Å². The average molecular weight is 257 g/mol. The van der Waals surface area contributed by atoms with E-state index in [1.165, 1.54) is 12.3 Å². The second kappa shape index (κ2) is 6.22. The third-order valence-electron chi connectivity index (χ3n) is 2.12. The summed E-state index contributed by atoms with van der Waals surface area (Å²) in [4.78, 5) is 16.6. The number of aromatic nitrogens is 1. The van der Waals surface area contributed by atoms with Gasteiger partial charge in [-0.05, 0) is 6.07 Å². The Hall–Kier alpha value is -1.59. The van der Waals surface area contributed by atoms with Gasteiger partial charge in [-0.2, -0.15) is 0 Å². The Labute approximate surface area is 104 Å². The first-order valence-corrected chi connectivity index (χ1v) is 5.34. The number of halogens is 1. The van der Waals surface area contributed by atoms with Crippen molar-refractivity contribution < 1.29 is 15.0 Å². The average Bonchev–Trinajstić information content (AvgIpc) is 2.29. The summed E-state index contributed by atoms with van der Waals surface area (Å²) in [6, 6.07) is 1.33. The number of anilines is 1. The van der Waals surface area contributed by atoms with Crippen molar-refractivity contribution >= 4 is 23.4 Å². The zero-order valence-corrected chi connectivity index (χ0v) is 9.89. The van der Waals surface area contributed by atoms with Gasteiger partial charge in [-0.15, -0.1) is 6.58 Å². The second-order valence-corrected chi connectivity index (χ2v) is 3.64. The molecular formula is C11H13ClN2O3. The maximum Gasteiger partial charge on any atom is 0.337 e. The largest absolute Gasteiger partial charge is 0.478 e. The van der Waals surface area contributed by atoms with E-state index in [4.69, 9.17) is 21.8 Å². The molecule has 0 aromatic carbocycles. The van der Waals surface area contributed by atoms with Crippen LogP contribution in [0.4, 0.5) is 5.82 Å². The molecule has 1 heterocycles. The molecule has 92 valence electrons. The summed E-state index contributed by atoms with van der Waals surface area (Å²) in [6.07, 6.45) is 3.00. The molecule has 0 saturated heterocycles. The Morgan fingerprint density at radius 2 is 2.35 bits per heavy atom. The Balaban J connectivity index is 3.14. The number of aliphatic hydroxyl groups excluding tert-OH is 1. The fraction of sp³-hybridized carbons (Fsp3) is 0.273. The highest BCUT2D eigenvalue weighted by Gasteiger charge is 2.17. The van der Waals surface area contributed by atoms with Crippen LogP contribution in [0.25, 0.3) is 0 Å². The number of nitrogens with zero attached hydrogens (tertiary/aromatic N) is 2. The van der Waals surface area contributed by atoms with Crippen LogP contribution in [0.1, 0.15) is 10.4 Å². The number of carbonyl (C=O) groups is 1. The number of carboxylic acids is 1. The number of carboxylic acid groups (broad SMARTS) is 1. The van der Waals surface area contributed by atoms with Gasteiger partial charge >= 0.3 is 5.97 Å². The molecule has 0 aliphatic rings. The van der Waals surface area contributed by atoms with Crippen molar-refractivity contribution in [1.29, 1.82) is 0 Å². The van der Waals surface area contributed by atoms with Gasteiger partial charge in [-0.3, -0.25) is 0 Å². The number of hydrogen-bond acceptors (Lipinski definition) is 4. The lowest BCUT2D eigenvalue weighted by Crippen LogP contribution is -2.28. The zero-order valence-electron chi connectivity index (χ0n) is 9.14. The van der Waals surface area contributed by atoms with E-state index in [9.17, 15) is 4.79 Å². The van der Waals surface area contributed by atoms with Crippen LogP contribution < -0.4 is 4.90 Å². The minimum atomic E-state index is -1.11. The zero-order chi connectivity index (χ0) is 12.8. The van der Waals surface area contributed by atoms with Gasteiger partial charge in [0.25, 0.3) is 0 Å². The van der Waals surface area contributed by atoms with E-state index >= 15 is 0 Å². The molecule has 0 spiro atoms. The highest BCUT2D eigenvalue weighted by molar-refractivity contribution is 6.35. The van der Waals surface area contributed by atoms with E-state index in [0.717, 1.165) is 0 Å². The lowest BCUT2D eigenvalue weighted by molar-refractivity contribution is 0.0697. The van der Waals surface area contributed by atoms with Crippen molar-refractivity contribution in [2.24, 2.45) is 0 Å². The fourth-order valence-corrected chi connectivity index (χ4v) is 1.69. The molecule has 0 amide bonds. The fourth-order valence-electron chi connectivity index (χ4n) is 1.38. The predicted molar refractivity (Wildman–Crippen MR) is 65.7 cm³/mol. The van der Waals surface area contributed by atoms with Gasteiger partial charge in [0.1, 0.15) is 5.82 Å². The Morgan fingerprint density at radius 3 is 2.88 bits per heavy atom. The quantitative estimate of drug-likeness (QED) is 0.753. The third-order valence-corrected chi connectivity index (χ3v) is 2.49. The molecule has 1 aromatic heterocycles. The number of aromatic carboxylic acids is 1. The number of pyridine rings is 1. The summed E-state index contributed by atoms with van der Waals surface area (Å²) >= 11 is 5.97. The van der Waals surface area contributed by atoms with Gasteiger partial charge in [-0.1, -0.05) is 17.7 Å². The molecule has 1 rings (SSSR count). The minimum absolute atomic E-state index is 0.0105. The summed E-state index contributed by atoms with van der Waals surface area (Å²) in [5.41, 5.74) is -0.0105. The van der Waals surface area contributed by atoms with E-state index in [-0.39, 0.29) is 17.2 Å². The first-order chi connectivity index (χ1) is 8.11. The molecule has 0 radical (unpaired) electrons.